The predicted molar refractivity (Wildman–Crippen MR) is 42.9 cm³/mol. The van der Waals surface area contributed by atoms with E-state index in [1.165, 1.54) is 0 Å². The third-order valence-electron chi connectivity index (χ3n) is 1.31. The van der Waals surface area contributed by atoms with E-state index < -0.39 is 0 Å². The lowest BCUT2D eigenvalue weighted by molar-refractivity contribution is -0.107. The molecule has 0 aromatic heterocycles. The average molecular weight is 164 g/mol. The third-order valence-corrected chi connectivity index (χ3v) is 1.72. The van der Waals surface area contributed by atoms with E-state index in [4.69, 9.17) is 13.9 Å². The molecule has 0 saturated carbocycles. The van der Waals surface area contributed by atoms with Gasteiger partial charge in [0.2, 0.25) is 0 Å². The normalized spacial score (nSPS) is 11.1. The Morgan fingerprint density at radius 2 is 1.90 bits per heavy atom. The van der Waals surface area contributed by atoms with Gasteiger partial charge in [0, 0.05) is 27.2 Å². The summed E-state index contributed by atoms with van der Waals surface area (Å²) in [4.78, 5) is 0. The number of rotatable bonds is 6. The van der Waals surface area contributed by atoms with Crippen molar-refractivity contribution in [3.63, 3.8) is 0 Å². The van der Waals surface area contributed by atoms with Gasteiger partial charge in [-0.1, -0.05) is 0 Å². The molecule has 0 aromatic carbocycles. The van der Waals surface area contributed by atoms with Crippen LogP contribution in [-0.4, -0.2) is 37.6 Å². The molecular weight excluding hydrogens is 148 g/mol. The lowest BCUT2D eigenvalue weighted by Gasteiger charge is -2.11. The SMILES string of the molecule is COC(CCCO[SiH3])OC. The lowest BCUT2D eigenvalue weighted by atomic mass is 10.3. The summed E-state index contributed by atoms with van der Waals surface area (Å²) in [7, 11) is 4.12. The van der Waals surface area contributed by atoms with Crippen molar-refractivity contribution in [1.82, 2.24) is 0 Å². The molecule has 0 N–H and O–H groups in total. The van der Waals surface area contributed by atoms with E-state index in [9.17, 15) is 0 Å². The summed E-state index contributed by atoms with van der Waals surface area (Å²) < 4.78 is 15.0. The van der Waals surface area contributed by atoms with E-state index in [0.29, 0.717) is 0 Å². The van der Waals surface area contributed by atoms with Crippen LogP contribution in [0.5, 0.6) is 0 Å². The number of hydrogen-bond acceptors (Lipinski definition) is 3. The van der Waals surface area contributed by atoms with Gasteiger partial charge in [-0.15, -0.1) is 0 Å². The van der Waals surface area contributed by atoms with Crippen molar-refractivity contribution in [2.45, 2.75) is 19.1 Å². The lowest BCUT2D eigenvalue weighted by Crippen LogP contribution is -2.13. The zero-order valence-electron chi connectivity index (χ0n) is 6.92. The maximum Gasteiger partial charge on any atom is 0.156 e. The Hall–Kier alpha value is 0.0969. The van der Waals surface area contributed by atoms with Crippen LogP contribution in [0, 0.1) is 0 Å². The van der Waals surface area contributed by atoms with Crippen LogP contribution in [0.4, 0.5) is 0 Å². The maximum atomic E-state index is 5.01. The van der Waals surface area contributed by atoms with Crippen molar-refractivity contribution >= 4 is 10.5 Å². The molecule has 0 aliphatic carbocycles. The van der Waals surface area contributed by atoms with Crippen LogP contribution >= 0.6 is 0 Å². The molecule has 0 aromatic rings. The smallest absolute Gasteiger partial charge is 0.156 e. The molecule has 0 spiro atoms. The van der Waals surface area contributed by atoms with Crippen molar-refractivity contribution < 1.29 is 13.9 Å². The predicted octanol–water partition coefficient (Wildman–Crippen LogP) is -0.317. The molecule has 62 valence electrons. The first-order valence-corrected chi connectivity index (χ1v) is 4.21. The van der Waals surface area contributed by atoms with E-state index in [-0.39, 0.29) is 6.29 Å². The molecule has 0 fully saturated rings. The molecule has 4 heteroatoms. The van der Waals surface area contributed by atoms with E-state index >= 15 is 0 Å². The van der Waals surface area contributed by atoms with Crippen LogP contribution in [0.15, 0.2) is 0 Å². The topological polar surface area (TPSA) is 27.7 Å². The molecule has 0 unspecified atom stereocenters. The summed E-state index contributed by atoms with van der Waals surface area (Å²) in [6, 6.07) is 0. The zero-order chi connectivity index (χ0) is 7.82. The van der Waals surface area contributed by atoms with Crippen LogP contribution in [0.1, 0.15) is 12.8 Å². The highest BCUT2D eigenvalue weighted by Crippen LogP contribution is 2.00. The summed E-state index contributed by atoms with van der Waals surface area (Å²) in [5.74, 6) is 0. The first-order chi connectivity index (χ1) is 4.85. The molecule has 0 atom stereocenters. The van der Waals surface area contributed by atoms with Gasteiger partial charge in [-0.2, -0.15) is 0 Å². The molecule has 0 aliphatic rings. The highest BCUT2D eigenvalue weighted by atomic mass is 28.2. The van der Waals surface area contributed by atoms with E-state index in [2.05, 4.69) is 0 Å². The fraction of sp³-hybridized carbons (Fsp3) is 1.00. The van der Waals surface area contributed by atoms with Crippen LogP contribution in [0.3, 0.4) is 0 Å². The van der Waals surface area contributed by atoms with E-state index in [0.717, 1.165) is 29.9 Å². The van der Waals surface area contributed by atoms with E-state index in [1.54, 1.807) is 14.2 Å². The van der Waals surface area contributed by atoms with Crippen LogP contribution in [0.2, 0.25) is 0 Å². The maximum absolute atomic E-state index is 5.01. The first kappa shape index (κ1) is 10.1. The summed E-state index contributed by atoms with van der Waals surface area (Å²) in [5.41, 5.74) is 0. The van der Waals surface area contributed by atoms with Crippen LogP contribution in [0.25, 0.3) is 0 Å². The van der Waals surface area contributed by atoms with Gasteiger partial charge in [0.1, 0.15) is 10.5 Å². The second kappa shape index (κ2) is 7.21. The molecule has 0 radical (unpaired) electrons. The van der Waals surface area contributed by atoms with E-state index in [1.807, 2.05) is 0 Å². The van der Waals surface area contributed by atoms with Crippen molar-refractivity contribution in [2.75, 3.05) is 20.8 Å². The molecular formula is C6H16O3Si. The van der Waals surface area contributed by atoms with Gasteiger partial charge in [0.15, 0.2) is 6.29 Å². The number of hydrogen-bond donors (Lipinski definition) is 0. The largest absolute Gasteiger partial charge is 0.428 e. The third kappa shape index (κ3) is 4.93. The average Bonchev–Trinajstić information content (AvgIpc) is 1.99. The van der Waals surface area contributed by atoms with Crippen molar-refractivity contribution in [2.24, 2.45) is 0 Å². The van der Waals surface area contributed by atoms with Crippen LogP contribution in [-0.2, 0) is 13.9 Å². The first-order valence-electron chi connectivity index (χ1n) is 3.39. The van der Waals surface area contributed by atoms with Crippen molar-refractivity contribution in [3.05, 3.63) is 0 Å². The standard InChI is InChI=1S/C6H16O3Si/c1-7-6(8-2)4-3-5-9-10/h6H,3-5H2,1-2,10H3. The number of ether oxygens (including phenoxy) is 2. The second-order valence-corrected chi connectivity index (χ2v) is 2.61. The highest BCUT2D eigenvalue weighted by Gasteiger charge is 2.02. The summed E-state index contributed by atoms with van der Waals surface area (Å²) in [6.45, 7) is 0.829. The molecule has 10 heavy (non-hydrogen) atoms. The summed E-state index contributed by atoms with van der Waals surface area (Å²) in [5, 5.41) is 0. The molecule has 0 heterocycles. The van der Waals surface area contributed by atoms with Crippen LogP contribution < -0.4 is 0 Å². The Kier molecular flexibility index (Phi) is 7.28. The van der Waals surface area contributed by atoms with Gasteiger partial charge in [-0.25, -0.2) is 0 Å². The molecule has 3 nitrogen and oxygen atoms in total. The Morgan fingerprint density at radius 1 is 1.30 bits per heavy atom. The Bertz CT molecular complexity index is 66.0. The quantitative estimate of drug-likeness (QED) is 0.306. The van der Waals surface area contributed by atoms with Gasteiger partial charge in [0.05, 0.1) is 0 Å². The Morgan fingerprint density at radius 3 is 2.30 bits per heavy atom. The zero-order valence-corrected chi connectivity index (χ0v) is 8.92. The second-order valence-electron chi connectivity index (χ2n) is 2.04. The molecule has 0 bridgehead atoms. The monoisotopic (exact) mass is 164 g/mol. The minimum Gasteiger partial charge on any atom is -0.428 e. The fourth-order valence-electron chi connectivity index (χ4n) is 0.726. The fourth-order valence-corrected chi connectivity index (χ4v) is 1.01. The number of methoxy groups -OCH3 is 2. The van der Waals surface area contributed by atoms with Gasteiger partial charge >= 0.3 is 0 Å². The highest BCUT2D eigenvalue weighted by molar-refractivity contribution is 5.97. The van der Waals surface area contributed by atoms with Gasteiger partial charge in [0.25, 0.3) is 0 Å². The minimum atomic E-state index is -0.0585. The summed E-state index contributed by atoms with van der Waals surface area (Å²) >= 11 is 0. The minimum absolute atomic E-state index is 0.0585. The van der Waals surface area contributed by atoms with Gasteiger partial charge < -0.3 is 13.9 Å². The van der Waals surface area contributed by atoms with Gasteiger partial charge in [-0.3, -0.25) is 0 Å². The molecule has 0 saturated heterocycles. The Balaban J connectivity index is 3.09. The van der Waals surface area contributed by atoms with Crippen molar-refractivity contribution in [1.29, 1.82) is 0 Å². The molecule has 0 rings (SSSR count). The molecule has 0 aliphatic heterocycles. The van der Waals surface area contributed by atoms with Crippen molar-refractivity contribution in [3.8, 4) is 0 Å². The van der Waals surface area contributed by atoms with Gasteiger partial charge in [-0.05, 0) is 6.42 Å². The Labute approximate surface area is 65.2 Å². The molecule has 0 amide bonds. The summed E-state index contributed by atoms with van der Waals surface area (Å²) in [6.07, 6.45) is 1.86.